The zero-order chi connectivity index (χ0) is 18.1. The van der Waals surface area contributed by atoms with Gasteiger partial charge in [-0.25, -0.2) is 22.0 Å². The third kappa shape index (κ3) is 1.84. The van der Waals surface area contributed by atoms with Gasteiger partial charge in [-0.15, -0.1) is 0 Å². The van der Waals surface area contributed by atoms with Crippen LogP contribution >= 0.6 is 0 Å². The molecule has 23 heavy (non-hydrogen) atoms. The van der Waals surface area contributed by atoms with Gasteiger partial charge in [0.1, 0.15) is 0 Å². The van der Waals surface area contributed by atoms with E-state index in [4.69, 9.17) is 0 Å². The molecule has 0 amide bonds. The lowest BCUT2D eigenvalue weighted by Gasteiger charge is -2.59. The predicted molar refractivity (Wildman–Crippen MR) is 60.6 cm³/mol. The molecule has 0 aromatic carbocycles. The van der Waals surface area contributed by atoms with Crippen molar-refractivity contribution in [3.05, 3.63) is 23.8 Å². The van der Waals surface area contributed by atoms with E-state index in [-0.39, 0.29) is 26.0 Å². The molecule has 1 fully saturated rings. The molecule has 0 aromatic rings. The normalized spacial score (nSPS) is 48.7. The minimum absolute atomic E-state index is 0.0602. The van der Waals surface area contributed by atoms with Gasteiger partial charge in [-0.1, -0.05) is 12.2 Å². The molecule has 1 saturated carbocycles. The van der Waals surface area contributed by atoms with Crippen molar-refractivity contribution in [3.63, 3.8) is 0 Å². The quantitative estimate of drug-likeness (QED) is 0.554. The average molecular weight is 346 g/mol. The Morgan fingerprint density at radius 2 is 1.57 bits per heavy atom. The maximum atomic E-state index is 14.9. The summed E-state index contributed by atoms with van der Waals surface area (Å²) in [5, 5.41) is 21.1. The summed E-state index contributed by atoms with van der Waals surface area (Å²) in [6, 6.07) is 0. The number of halogens is 7. The molecular weight excluding hydrogens is 336 g/mol. The standard InChI is InChI=1S/C12H10BF7O3/c1-8(15)9(2,16)12(19,20)10(17)6(4-3-5-7(10)14)11(8,18)23-13(21)22/h3-5,7H,1-2H3/q-2. The summed E-state index contributed by atoms with van der Waals surface area (Å²) in [7, 11) is -3.60. The molecule has 0 saturated heterocycles. The van der Waals surface area contributed by atoms with Crippen molar-refractivity contribution >= 4 is 7.32 Å². The van der Waals surface area contributed by atoms with Gasteiger partial charge in [0.15, 0.2) is 6.17 Å². The Morgan fingerprint density at radius 3 is 2.04 bits per heavy atom. The first-order valence-electron chi connectivity index (χ1n) is 6.34. The third-order valence-corrected chi connectivity index (χ3v) is 4.45. The fourth-order valence-corrected chi connectivity index (χ4v) is 2.83. The van der Waals surface area contributed by atoms with Crippen LogP contribution in [0.5, 0.6) is 0 Å². The van der Waals surface area contributed by atoms with Crippen molar-refractivity contribution in [1.82, 2.24) is 0 Å². The number of hydrogen-bond acceptors (Lipinski definition) is 3. The Hall–Kier alpha value is -1.07. The second-order valence-corrected chi connectivity index (χ2v) is 5.66. The maximum absolute atomic E-state index is 14.9. The molecule has 0 bridgehead atoms. The predicted octanol–water partition coefficient (Wildman–Crippen LogP) is 1.02. The van der Waals surface area contributed by atoms with Crippen LogP contribution in [0.4, 0.5) is 30.7 Å². The number of hydrogen-bond donors (Lipinski definition) is 0. The monoisotopic (exact) mass is 346 g/mol. The highest BCUT2D eigenvalue weighted by Gasteiger charge is 2.87. The van der Waals surface area contributed by atoms with Gasteiger partial charge in [-0.05, 0) is 19.9 Å². The Morgan fingerprint density at radius 1 is 1.04 bits per heavy atom. The van der Waals surface area contributed by atoms with E-state index in [0.717, 1.165) is 0 Å². The van der Waals surface area contributed by atoms with Crippen LogP contribution in [0.3, 0.4) is 0 Å². The Kier molecular flexibility index (Phi) is 3.76. The highest BCUT2D eigenvalue weighted by atomic mass is 19.3. The molecule has 130 valence electrons. The summed E-state index contributed by atoms with van der Waals surface area (Å²) < 4.78 is 105. The molecule has 0 aliphatic heterocycles. The lowest BCUT2D eigenvalue weighted by Crippen LogP contribution is -2.81. The van der Waals surface area contributed by atoms with Gasteiger partial charge in [0.25, 0.3) is 5.85 Å². The van der Waals surface area contributed by atoms with Crippen molar-refractivity contribution in [3.8, 4) is 0 Å². The van der Waals surface area contributed by atoms with Gasteiger partial charge >= 0.3 is 5.92 Å². The Bertz CT molecular complexity index is 577. The van der Waals surface area contributed by atoms with Crippen LogP contribution < -0.4 is 10.0 Å². The summed E-state index contributed by atoms with van der Waals surface area (Å²) >= 11 is 0. The largest absolute Gasteiger partial charge is 0.871 e. The minimum atomic E-state index is -5.38. The molecule has 2 rings (SSSR count). The van der Waals surface area contributed by atoms with E-state index in [1.54, 1.807) is 0 Å². The molecule has 0 heterocycles. The topological polar surface area (TPSA) is 55.3 Å². The molecule has 2 aliphatic carbocycles. The van der Waals surface area contributed by atoms with Crippen LogP contribution in [0, 0.1) is 0 Å². The molecule has 0 aromatic heterocycles. The Balaban J connectivity index is 2.84. The van der Waals surface area contributed by atoms with Crippen molar-refractivity contribution < 1.29 is 45.4 Å². The van der Waals surface area contributed by atoms with Crippen molar-refractivity contribution in [2.75, 3.05) is 0 Å². The van der Waals surface area contributed by atoms with E-state index in [9.17, 15) is 40.8 Å². The smallest absolute Gasteiger partial charge is 0.325 e. The van der Waals surface area contributed by atoms with Crippen LogP contribution in [0.2, 0.25) is 0 Å². The molecular formula is C12H10BF7O3-2. The van der Waals surface area contributed by atoms with Gasteiger partial charge in [0.05, 0.1) is 7.32 Å². The van der Waals surface area contributed by atoms with Gasteiger partial charge in [-0.2, -0.15) is 8.78 Å². The first kappa shape index (κ1) is 18.3. The number of fused-ring (bicyclic) bond motifs is 1. The molecule has 5 unspecified atom stereocenters. The highest BCUT2D eigenvalue weighted by Crippen LogP contribution is 2.66. The third-order valence-electron chi connectivity index (χ3n) is 4.45. The Labute approximate surface area is 126 Å². The maximum Gasteiger partial charge on any atom is 0.325 e. The first-order valence-corrected chi connectivity index (χ1v) is 6.34. The van der Waals surface area contributed by atoms with Crippen LogP contribution in [0.25, 0.3) is 0 Å². The van der Waals surface area contributed by atoms with Crippen LogP contribution in [0.15, 0.2) is 23.8 Å². The summed E-state index contributed by atoms with van der Waals surface area (Å²) in [5.41, 5.74) is -15.7. The summed E-state index contributed by atoms with van der Waals surface area (Å²) in [6.45, 7) is -0.256. The van der Waals surface area contributed by atoms with Crippen LogP contribution in [-0.2, 0) is 4.65 Å². The molecule has 2 aliphatic rings. The van der Waals surface area contributed by atoms with E-state index in [1.165, 1.54) is 0 Å². The van der Waals surface area contributed by atoms with E-state index in [1.807, 2.05) is 0 Å². The lowest BCUT2D eigenvalue weighted by molar-refractivity contribution is -0.413. The van der Waals surface area contributed by atoms with E-state index in [2.05, 4.69) is 4.65 Å². The average Bonchev–Trinajstić information content (AvgIpc) is 2.38. The number of allylic oxidation sites excluding steroid dienone is 3. The second kappa shape index (κ2) is 4.73. The summed E-state index contributed by atoms with van der Waals surface area (Å²) in [4.78, 5) is 0. The van der Waals surface area contributed by atoms with E-state index < -0.39 is 47.8 Å². The number of alkyl halides is 7. The number of rotatable bonds is 2. The zero-order valence-corrected chi connectivity index (χ0v) is 11.8. The van der Waals surface area contributed by atoms with Crippen molar-refractivity contribution in [2.45, 2.75) is 48.8 Å². The van der Waals surface area contributed by atoms with E-state index >= 15 is 0 Å². The molecule has 0 radical (unpaired) electrons. The van der Waals surface area contributed by atoms with Gasteiger partial charge in [0.2, 0.25) is 17.0 Å². The van der Waals surface area contributed by atoms with Crippen molar-refractivity contribution in [2.24, 2.45) is 0 Å². The van der Waals surface area contributed by atoms with Gasteiger partial charge in [-0.3, -0.25) is 0 Å². The summed E-state index contributed by atoms with van der Waals surface area (Å²) in [5.74, 6) is -9.91. The molecule has 0 N–H and O–H groups in total. The highest BCUT2D eigenvalue weighted by molar-refractivity contribution is 6.28. The second-order valence-electron chi connectivity index (χ2n) is 5.66. The summed E-state index contributed by atoms with van der Waals surface area (Å²) in [6.07, 6.45) is -2.27. The first-order chi connectivity index (χ1) is 10.2. The van der Waals surface area contributed by atoms with Gasteiger partial charge in [0, 0.05) is 5.57 Å². The lowest BCUT2D eigenvalue weighted by atomic mass is 9.59. The van der Waals surface area contributed by atoms with Gasteiger partial charge < -0.3 is 14.7 Å². The van der Waals surface area contributed by atoms with Crippen LogP contribution in [0.1, 0.15) is 13.8 Å². The molecule has 11 heteroatoms. The van der Waals surface area contributed by atoms with Crippen LogP contribution in [-0.4, -0.2) is 42.3 Å². The molecule has 0 spiro atoms. The zero-order valence-electron chi connectivity index (χ0n) is 11.8. The molecule has 3 nitrogen and oxygen atoms in total. The molecule has 5 atom stereocenters. The fraction of sp³-hybridized carbons (Fsp3) is 0.667. The fourth-order valence-electron chi connectivity index (χ4n) is 2.83. The minimum Gasteiger partial charge on any atom is -0.871 e. The van der Waals surface area contributed by atoms with E-state index in [0.29, 0.717) is 6.08 Å². The van der Waals surface area contributed by atoms with Crippen molar-refractivity contribution in [1.29, 1.82) is 0 Å². The SMILES string of the molecule is CC1(F)C(F)(OB([O-])[O-])C2=CC=CC(F)C2(F)C(F)(F)C1(C)F.